The van der Waals surface area contributed by atoms with Gasteiger partial charge in [0.05, 0.1) is 31.0 Å². The molecule has 1 aliphatic rings. The molecule has 0 spiro atoms. The number of ether oxygens (including phenoxy) is 1. The molecule has 2 aromatic rings. The molecule has 1 aliphatic heterocycles. The normalized spacial score (nSPS) is 14.8. The van der Waals surface area contributed by atoms with Gasteiger partial charge in [0.2, 0.25) is 5.91 Å². The molecular formula is C21H23ClF3N3O2. The van der Waals surface area contributed by atoms with Gasteiger partial charge in [-0.25, -0.2) is 0 Å². The predicted molar refractivity (Wildman–Crippen MR) is 111 cm³/mol. The highest BCUT2D eigenvalue weighted by molar-refractivity contribution is 6.30. The summed E-state index contributed by atoms with van der Waals surface area (Å²) in [5.41, 5.74) is 0.838. The summed E-state index contributed by atoms with van der Waals surface area (Å²) in [5.74, 6) is -0.533. The van der Waals surface area contributed by atoms with Crippen LogP contribution in [0.3, 0.4) is 0 Å². The van der Waals surface area contributed by atoms with Gasteiger partial charge in [0, 0.05) is 30.3 Å². The van der Waals surface area contributed by atoms with Crippen molar-refractivity contribution in [3.63, 3.8) is 0 Å². The Labute approximate surface area is 178 Å². The molecule has 3 rings (SSSR count). The monoisotopic (exact) mass is 441 g/mol. The maximum atomic E-state index is 13.2. The lowest BCUT2D eigenvalue weighted by Crippen LogP contribution is -2.37. The maximum Gasteiger partial charge on any atom is 0.418 e. The van der Waals surface area contributed by atoms with Crippen molar-refractivity contribution in [1.29, 1.82) is 0 Å². The fraction of sp³-hybridized carbons (Fsp3) is 0.381. The third-order valence-electron chi connectivity index (χ3n) is 4.76. The summed E-state index contributed by atoms with van der Waals surface area (Å²) in [5, 5.41) is 2.31. The molecule has 0 bridgehead atoms. The third-order valence-corrected chi connectivity index (χ3v) is 4.99. The average molecular weight is 442 g/mol. The van der Waals surface area contributed by atoms with Crippen molar-refractivity contribution in [1.82, 2.24) is 4.90 Å². The van der Waals surface area contributed by atoms with Gasteiger partial charge in [-0.2, -0.15) is 13.2 Å². The minimum absolute atomic E-state index is 0.0443. The van der Waals surface area contributed by atoms with Gasteiger partial charge in [-0.1, -0.05) is 29.8 Å². The first kappa shape index (κ1) is 22.4. The van der Waals surface area contributed by atoms with Gasteiger partial charge in [-0.3, -0.25) is 9.69 Å². The number of rotatable bonds is 6. The number of anilines is 2. The van der Waals surface area contributed by atoms with E-state index in [1.807, 2.05) is 24.3 Å². The quantitative estimate of drug-likeness (QED) is 0.727. The molecule has 1 saturated heterocycles. The number of halogens is 4. The van der Waals surface area contributed by atoms with Gasteiger partial charge in [0.25, 0.3) is 0 Å². The number of carbonyl (C=O) groups is 1. The summed E-state index contributed by atoms with van der Waals surface area (Å²) in [6, 6.07) is 11.2. The summed E-state index contributed by atoms with van der Waals surface area (Å²) in [6.07, 6.45) is -4.61. The molecular weight excluding hydrogens is 419 g/mol. The summed E-state index contributed by atoms with van der Waals surface area (Å²) in [4.78, 5) is 16.4. The molecule has 9 heteroatoms. The van der Waals surface area contributed by atoms with Crippen molar-refractivity contribution < 1.29 is 22.7 Å². The van der Waals surface area contributed by atoms with Crippen molar-refractivity contribution in [3.05, 3.63) is 58.6 Å². The van der Waals surface area contributed by atoms with E-state index in [2.05, 4.69) is 10.2 Å². The Morgan fingerprint density at radius 1 is 1.20 bits per heavy atom. The highest BCUT2D eigenvalue weighted by atomic mass is 35.5. The van der Waals surface area contributed by atoms with Crippen LogP contribution in [0.1, 0.15) is 11.1 Å². The highest BCUT2D eigenvalue weighted by Gasteiger charge is 2.34. The zero-order valence-corrected chi connectivity index (χ0v) is 17.3. The van der Waals surface area contributed by atoms with Gasteiger partial charge in [-0.05, 0) is 36.9 Å². The molecule has 162 valence electrons. The zero-order chi connectivity index (χ0) is 21.7. The van der Waals surface area contributed by atoms with E-state index in [-0.39, 0.29) is 17.3 Å². The molecule has 0 atom stereocenters. The largest absolute Gasteiger partial charge is 0.418 e. The van der Waals surface area contributed by atoms with Gasteiger partial charge >= 0.3 is 6.18 Å². The van der Waals surface area contributed by atoms with Crippen LogP contribution >= 0.6 is 11.6 Å². The van der Waals surface area contributed by atoms with Crippen LogP contribution in [0, 0.1) is 0 Å². The van der Waals surface area contributed by atoms with Crippen LogP contribution in [-0.2, 0) is 22.3 Å². The van der Waals surface area contributed by atoms with E-state index in [9.17, 15) is 18.0 Å². The number of benzene rings is 2. The number of hydrogen-bond donors (Lipinski definition) is 1. The molecule has 0 aliphatic carbocycles. The standard InChI is InChI=1S/C21H23ClF3N3O2/c1-27(13-15-4-2-3-5-19(15)28-8-10-30-11-9-28)14-20(29)26-18-7-6-16(22)12-17(18)21(23,24)25/h2-7,12H,8-11,13-14H2,1H3,(H,26,29). The molecule has 1 fully saturated rings. The second-order valence-electron chi connectivity index (χ2n) is 7.14. The van der Waals surface area contributed by atoms with Crippen molar-refractivity contribution in [2.75, 3.05) is 50.1 Å². The van der Waals surface area contributed by atoms with Crippen molar-refractivity contribution in [2.24, 2.45) is 0 Å². The number of hydrogen-bond acceptors (Lipinski definition) is 4. The topological polar surface area (TPSA) is 44.8 Å². The minimum atomic E-state index is -4.61. The number of nitrogens with zero attached hydrogens (tertiary/aromatic N) is 2. The first-order chi connectivity index (χ1) is 14.2. The minimum Gasteiger partial charge on any atom is -0.378 e. The highest BCUT2D eigenvalue weighted by Crippen LogP contribution is 2.36. The summed E-state index contributed by atoms with van der Waals surface area (Å²) in [6.45, 7) is 3.32. The van der Waals surface area contributed by atoms with E-state index >= 15 is 0 Å². The smallest absolute Gasteiger partial charge is 0.378 e. The molecule has 0 aromatic heterocycles. The average Bonchev–Trinajstić information content (AvgIpc) is 2.69. The molecule has 30 heavy (non-hydrogen) atoms. The van der Waals surface area contributed by atoms with Crippen molar-refractivity contribution >= 4 is 28.9 Å². The second kappa shape index (κ2) is 9.68. The Bertz CT molecular complexity index is 886. The Morgan fingerprint density at radius 3 is 2.60 bits per heavy atom. The van der Waals surface area contributed by atoms with Crippen molar-refractivity contribution in [3.8, 4) is 0 Å². The predicted octanol–water partition coefficient (Wildman–Crippen LogP) is 4.27. The van der Waals surface area contributed by atoms with E-state index < -0.39 is 17.6 Å². The Hall–Kier alpha value is -2.29. The van der Waals surface area contributed by atoms with Crippen LogP contribution in [0.25, 0.3) is 0 Å². The lowest BCUT2D eigenvalue weighted by atomic mass is 10.1. The van der Waals surface area contributed by atoms with Crippen LogP contribution in [0.2, 0.25) is 5.02 Å². The summed E-state index contributed by atoms with van der Waals surface area (Å²) >= 11 is 5.68. The maximum absolute atomic E-state index is 13.2. The number of amides is 1. The number of para-hydroxylation sites is 1. The lowest BCUT2D eigenvalue weighted by Gasteiger charge is -2.31. The number of likely N-dealkylation sites (N-methyl/N-ethyl adjacent to an activating group) is 1. The fourth-order valence-electron chi connectivity index (χ4n) is 3.40. The van der Waals surface area contributed by atoms with Crippen LogP contribution in [0.15, 0.2) is 42.5 Å². The Morgan fingerprint density at radius 2 is 1.90 bits per heavy atom. The van der Waals surface area contributed by atoms with Crippen LogP contribution in [0.4, 0.5) is 24.5 Å². The van der Waals surface area contributed by atoms with Crippen LogP contribution in [-0.4, -0.2) is 50.7 Å². The third kappa shape index (κ3) is 5.87. The van der Waals surface area contributed by atoms with Crippen molar-refractivity contribution in [2.45, 2.75) is 12.7 Å². The van der Waals surface area contributed by atoms with E-state index in [1.54, 1.807) is 11.9 Å². The van der Waals surface area contributed by atoms with Crippen LogP contribution < -0.4 is 10.2 Å². The molecule has 1 heterocycles. The second-order valence-corrected chi connectivity index (χ2v) is 7.57. The van der Waals surface area contributed by atoms with E-state index in [0.717, 1.165) is 36.5 Å². The van der Waals surface area contributed by atoms with Gasteiger partial charge in [-0.15, -0.1) is 0 Å². The number of nitrogens with one attached hydrogen (secondary N) is 1. The SMILES string of the molecule is CN(CC(=O)Nc1ccc(Cl)cc1C(F)(F)F)Cc1ccccc1N1CCOCC1. The van der Waals surface area contributed by atoms with E-state index in [0.29, 0.717) is 19.8 Å². The molecule has 2 aromatic carbocycles. The number of carbonyl (C=O) groups excluding carboxylic acids is 1. The van der Waals surface area contributed by atoms with E-state index in [1.165, 1.54) is 6.07 Å². The first-order valence-corrected chi connectivity index (χ1v) is 9.87. The lowest BCUT2D eigenvalue weighted by molar-refractivity contribution is -0.137. The molecule has 1 N–H and O–H groups in total. The van der Waals surface area contributed by atoms with Crippen LogP contribution in [0.5, 0.6) is 0 Å². The van der Waals surface area contributed by atoms with Gasteiger partial charge < -0.3 is 15.0 Å². The Kier molecular flexibility index (Phi) is 7.23. The number of morpholine rings is 1. The molecule has 0 unspecified atom stereocenters. The van der Waals surface area contributed by atoms with Gasteiger partial charge in [0.1, 0.15) is 0 Å². The van der Waals surface area contributed by atoms with Gasteiger partial charge in [0.15, 0.2) is 0 Å². The molecule has 0 radical (unpaired) electrons. The summed E-state index contributed by atoms with van der Waals surface area (Å²) in [7, 11) is 1.75. The molecule has 1 amide bonds. The van der Waals surface area contributed by atoms with E-state index in [4.69, 9.17) is 16.3 Å². The zero-order valence-electron chi connectivity index (χ0n) is 16.5. The first-order valence-electron chi connectivity index (χ1n) is 9.50. The fourth-order valence-corrected chi connectivity index (χ4v) is 3.57. The Balaban J connectivity index is 1.65. The summed E-state index contributed by atoms with van der Waals surface area (Å²) < 4.78 is 45.0. The molecule has 0 saturated carbocycles. The molecule has 5 nitrogen and oxygen atoms in total. The number of alkyl halides is 3.